The van der Waals surface area contributed by atoms with Gasteiger partial charge in [-0.3, -0.25) is 0 Å². The van der Waals surface area contributed by atoms with Gasteiger partial charge in [-0.15, -0.1) is 0 Å². The number of benzene rings is 1. The van der Waals surface area contributed by atoms with Crippen molar-refractivity contribution in [2.24, 2.45) is 0 Å². The molecule has 0 aliphatic rings. The molecule has 2 rings (SSSR count). The zero-order chi connectivity index (χ0) is 12.4. The van der Waals surface area contributed by atoms with Gasteiger partial charge >= 0.3 is 7.12 Å². The lowest BCUT2D eigenvalue weighted by Gasteiger charge is -2.07. The maximum atomic E-state index is 9.15. The highest BCUT2D eigenvalue weighted by Crippen LogP contribution is 2.20. The van der Waals surface area contributed by atoms with Gasteiger partial charge < -0.3 is 19.4 Å². The zero-order valence-corrected chi connectivity index (χ0v) is 10.1. The Morgan fingerprint density at radius 2 is 2.06 bits per heavy atom. The lowest BCUT2D eigenvalue weighted by atomic mass is 9.79. The standard InChI is InChI=1S/C12H16BNO3/c1-14(2)6-5-9-8-17-12-4-3-10(13(15)16)7-11(9)12/h3-4,7-8,15-16H,5-6H2,1-2H3. The van der Waals surface area contributed by atoms with Crippen LogP contribution < -0.4 is 5.46 Å². The van der Waals surface area contributed by atoms with Gasteiger partial charge in [-0.2, -0.15) is 0 Å². The molecule has 0 amide bonds. The number of hydrogen-bond acceptors (Lipinski definition) is 4. The molecule has 1 aromatic carbocycles. The second-order valence-electron chi connectivity index (χ2n) is 4.44. The Morgan fingerprint density at radius 1 is 1.29 bits per heavy atom. The predicted octanol–water partition coefficient (Wildman–Crippen LogP) is 0.217. The minimum Gasteiger partial charge on any atom is -0.464 e. The van der Waals surface area contributed by atoms with Crippen LogP contribution in [0, 0.1) is 0 Å². The van der Waals surface area contributed by atoms with Gasteiger partial charge in [0.05, 0.1) is 6.26 Å². The summed E-state index contributed by atoms with van der Waals surface area (Å²) in [7, 11) is 2.60. The minimum absolute atomic E-state index is 0.491. The third-order valence-electron chi connectivity index (χ3n) is 2.80. The van der Waals surface area contributed by atoms with E-state index in [2.05, 4.69) is 4.90 Å². The molecule has 1 heterocycles. The van der Waals surface area contributed by atoms with Gasteiger partial charge in [-0.05, 0) is 37.6 Å². The quantitative estimate of drug-likeness (QED) is 0.741. The van der Waals surface area contributed by atoms with Crippen molar-refractivity contribution in [3.05, 3.63) is 30.0 Å². The topological polar surface area (TPSA) is 56.8 Å². The molecule has 2 aromatic rings. The fourth-order valence-electron chi connectivity index (χ4n) is 1.80. The molecule has 0 atom stereocenters. The molecule has 2 N–H and O–H groups in total. The first-order valence-corrected chi connectivity index (χ1v) is 5.59. The third-order valence-corrected chi connectivity index (χ3v) is 2.80. The lowest BCUT2D eigenvalue weighted by molar-refractivity contribution is 0.413. The van der Waals surface area contributed by atoms with Gasteiger partial charge in [0.2, 0.25) is 0 Å². The van der Waals surface area contributed by atoms with Gasteiger partial charge in [-0.25, -0.2) is 0 Å². The van der Waals surface area contributed by atoms with Crippen molar-refractivity contribution in [2.45, 2.75) is 6.42 Å². The first-order chi connectivity index (χ1) is 8.08. The molecule has 0 saturated heterocycles. The molecule has 0 unspecified atom stereocenters. The fourth-order valence-corrected chi connectivity index (χ4v) is 1.80. The van der Waals surface area contributed by atoms with E-state index in [4.69, 9.17) is 14.5 Å². The van der Waals surface area contributed by atoms with E-state index >= 15 is 0 Å². The molecule has 17 heavy (non-hydrogen) atoms. The van der Waals surface area contributed by atoms with Gasteiger partial charge in [0.15, 0.2) is 0 Å². The van der Waals surface area contributed by atoms with E-state index in [1.165, 1.54) is 0 Å². The summed E-state index contributed by atoms with van der Waals surface area (Å²) in [5.41, 5.74) is 2.37. The van der Waals surface area contributed by atoms with Crippen molar-refractivity contribution >= 4 is 23.6 Å². The van der Waals surface area contributed by atoms with Crippen LogP contribution in [0.4, 0.5) is 0 Å². The Labute approximate surface area is 101 Å². The fraction of sp³-hybridized carbons (Fsp3) is 0.333. The molecule has 90 valence electrons. The number of furan rings is 1. The Morgan fingerprint density at radius 3 is 2.71 bits per heavy atom. The number of rotatable bonds is 4. The summed E-state index contributed by atoms with van der Waals surface area (Å²) >= 11 is 0. The summed E-state index contributed by atoms with van der Waals surface area (Å²) in [6, 6.07) is 5.20. The molecule has 0 saturated carbocycles. The van der Waals surface area contributed by atoms with Crippen LogP contribution in [-0.2, 0) is 6.42 Å². The largest absolute Gasteiger partial charge is 0.488 e. The molecule has 0 bridgehead atoms. The van der Waals surface area contributed by atoms with Gasteiger partial charge in [-0.1, -0.05) is 12.1 Å². The van der Waals surface area contributed by atoms with Crippen LogP contribution in [0.3, 0.4) is 0 Å². The van der Waals surface area contributed by atoms with Gasteiger partial charge in [0.25, 0.3) is 0 Å². The van der Waals surface area contributed by atoms with E-state index in [1.54, 1.807) is 24.5 Å². The maximum Gasteiger partial charge on any atom is 0.488 e. The molecule has 0 aliphatic heterocycles. The van der Waals surface area contributed by atoms with E-state index in [0.717, 1.165) is 29.5 Å². The van der Waals surface area contributed by atoms with E-state index in [-0.39, 0.29) is 0 Å². The number of nitrogens with zero attached hydrogens (tertiary/aromatic N) is 1. The highest BCUT2D eigenvalue weighted by molar-refractivity contribution is 6.58. The van der Waals surface area contributed by atoms with E-state index in [1.807, 2.05) is 14.1 Å². The van der Waals surface area contributed by atoms with Crippen LogP contribution in [0.1, 0.15) is 5.56 Å². The van der Waals surface area contributed by atoms with Crippen molar-refractivity contribution in [3.8, 4) is 0 Å². The lowest BCUT2D eigenvalue weighted by Crippen LogP contribution is -2.29. The smallest absolute Gasteiger partial charge is 0.464 e. The molecule has 0 fully saturated rings. The summed E-state index contributed by atoms with van der Waals surface area (Å²) in [6.45, 7) is 0.931. The van der Waals surface area contributed by atoms with Crippen LogP contribution >= 0.6 is 0 Å². The summed E-state index contributed by atoms with van der Waals surface area (Å²) in [5, 5.41) is 19.2. The minimum atomic E-state index is -1.43. The van der Waals surface area contributed by atoms with Crippen molar-refractivity contribution in [2.75, 3.05) is 20.6 Å². The molecule has 0 spiro atoms. The van der Waals surface area contributed by atoms with Crippen molar-refractivity contribution in [1.29, 1.82) is 0 Å². The van der Waals surface area contributed by atoms with Crippen LogP contribution in [0.25, 0.3) is 11.0 Å². The average Bonchev–Trinajstić information content (AvgIpc) is 2.68. The van der Waals surface area contributed by atoms with Crippen molar-refractivity contribution in [1.82, 2.24) is 4.90 Å². The predicted molar refractivity (Wildman–Crippen MR) is 68.3 cm³/mol. The number of hydrogen-bond donors (Lipinski definition) is 2. The van der Waals surface area contributed by atoms with Crippen LogP contribution in [0.15, 0.2) is 28.9 Å². The Hall–Kier alpha value is -1.30. The van der Waals surface area contributed by atoms with Crippen LogP contribution in [-0.4, -0.2) is 42.7 Å². The molecule has 0 radical (unpaired) electrons. The monoisotopic (exact) mass is 233 g/mol. The second-order valence-corrected chi connectivity index (χ2v) is 4.44. The second kappa shape index (κ2) is 4.92. The highest BCUT2D eigenvalue weighted by Gasteiger charge is 2.14. The molecule has 4 nitrogen and oxygen atoms in total. The first-order valence-electron chi connectivity index (χ1n) is 5.59. The van der Waals surface area contributed by atoms with Crippen LogP contribution in [0.2, 0.25) is 0 Å². The summed E-state index contributed by atoms with van der Waals surface area (Å²) < 4.78 is 5.43. The van der Waals surface area contributed by atoms with E-state index < -0.39 is 7.12 Å². The highest BCUT2D eigenvalue weighted by atomic mass is 16.4. The summed E-state index contributed by atoms with van der Waals surface area (Å²) in [6.07, 6.45) is 2.62. The Balaban J connectivity index is 2.33. The average molecular weight is 233 g/mol. The summed E-state index contributed by atoms with van der Waals surface area (Å²) in [5.74, 6) is 0. The molecular weight excluding hydrogens is 217 g/mol. The van der Waals surface area contributed by atoms with Gasteiger partial charge in [0.1, 0.15) is 5.58 Å². The Kier molecular flexibility index (Phi) is 3.52. The van der Waals surface area contributed by atoms with Crippen LogP contribution in [0.5, 0.6) is 0 Å². The zero-order valence-electron chi connectivity index (χ0n) is 10.1. The third kappa shape index (κ3) is 2.69. The summed E-state index contributed by atoms with van der Waals surface area (Å²) in [4.78, 5) is 2.10. The molecule has 1 aromatic heterocycles. The van der Waals surface area contributed by atoms with Gasteiger partial charge in [0, 0.05) is 11.9 Å². The number of fused-ring (bicyclic) bond motifs is 1. The van der Waals surface area contributed by atoms with Crippen molar-refractivity contribution in [3.63, 3.8) is 0 Å². The van der Waals surface area contributed by atoms with Crippen molar-refractivity contribution < 1.29 is 14.5 Å². The molecular formula is C12H16BNO3. The SMILES string of the molecule is CN(C)CCc1coc2ccc(B(O)O)cc12. The molecule has 5 heteroatoms. The normalized spacial score (nSPS) is 11.4. The Bertz CT molecular complexity index is 507. The first kappa shape index (κ1) is 12.2. The molecule has 0 aliphatic carbocycles. The van der Waals surface area contributed by atoms with E-state index in [0.29, 0.717) is 5.46 Å². The number of likely N-dealkylation sites (N-methyl/N-ethyl adjacent to an activating group) is 1. The maximum absolute atomic E-state index is 9.15. The van der Waals surface area contributed by atoms with E-state index in [9.17, 15) is 0 Å².